The van der Waals surface area contributed by atoms with Crippen LogP contribution >= 0.6 is 0 Å². The van der Waals surface area contributed by atoms with Gasteiger partial charge in [0.15, 0.2) is 0 Å². The molecule has 3 rings (SSSR count). The Morgan fingerprint density at radius 2 is 1.92 bits per heavy atom. The molecule has 137 valence electrons. The van der Waals surface area contributed by atoms with E-state index in [0.717, 1.165) is 6.19 Å². The molecular formula is C13H20BN4O6S. The molecule has 2 atom stereocenters. The van der Waals surface area contributed by atoms with Crippen LogP contribution in [0.1, 0.15) is 25.7 Å². The molecule has 2 bridgehead atoms. The average molecular weight is 371 g/mol. The van der Waals surface area contributed by atoms with E-state index in [-0.39, 0.29) is 18.5 Å². The second-order valence-electron chi connectivity index (χ2n) is 6.56. The highest BCUT2D eigenvalue weighted by Gasteiger charge is 2.51. The molecule has 3 heterocycles. The predicted octanol–water partition coefficient (Wildman–Crippen LogP) is -1.55. The van der Waals surface area contributed by atoms with E-state index in [1.165, 1.54) is 12.3 Å². The van der Waals surface area contributed by atoms with Crippen LogP contribution < -0.4 is 5.32 Å². The fourth-order valence-corrected chi connectivity index (χ4v) is 4.62. The van der Waals surface area contributed by atoms with Gasteiger partial charge in [0.2, 0.25) is 5.91 Å². The van der Waals surface area contributed by atoms with Gasteiger partial charge in [-0.1, -0.05) is 0 Å². The minimum Gasteiger partial charge on any atom is -0.351 e. The van der Waals surface area contributed by atoms with E-state index in [0.29, 0.717) is 43.1 Å². The van der Waals surface area contributed by atoms with E-state index in [9.17, 15) is 27.4 Å². The number of amides is 3. The van der Waals surface area contributed by atoms with Gasteiger partial charge in [0, 0.05) is 12.6 Å². The lowest BCUT2D eigenvalue weighted by molar-refractivity contribution is -0.127. The Morgan fingerprint density at radius 3 is 2.52 bits per heavy atom. The first-order valence-corrected chi connectivity index (χ1v) is 9.61. The highest BCUT2D eigenvalue weighted by molar-refractivity contribution is 7.84. The summed E-state index contributed by atoms with van der Waals surface area (Å²) in [5.41, 5.74) is 0. The van der Waals surface area contributed by atoms with Gasteiger partial charge in [0.25, 0.3) is 7.41 Å². The van der Waals surface area contributed by atoms with E-state index < -0.39 is 28.4 Å². The van der Waals surface area contributed by atoms with Gasteiger partial charge in [0.1, 0.15) is 6.04 Å². The normalized spacial score (nSPS) is 28.1. The highest BCUT2D eigenvalue weighted by Crippen LogP contribution is 2.31. The summed E-state index contributed by atoms with van der Waals surface area (Å²) in [6, 6.07) is -2.24. The lowest BCUT2D eigenvalue weighted by Crippen LogP contribution is -2.54. The van der Waals surface area contributed by atoms with Gasteiger partial charge in [-0.05, 0) is 38.8 Å². The zero-order valence-electron chi connectivity index (χ0n) is 13.6. The number of hydrogen-bond donors (Lipinski definition) is 2. The van der Waals surface area contributed by atoms with Crippen molar-refractivity contribution < 1.29 is 27.4 Å². The van der Waals surface area contributed by atoms with Crippen molar-refractivity contribution in [3.63, 3.8) is 0 Å². The first-order valence-electron chi connectivity index (χ1n) is 8.21. The second-order valence-corrected chi connectivity index (χ2v) is 7.85. The number of nitrogens with zero attached hydrogens (tertiary/aromatic N) is 3. The maximum Gasteiger partial charge on any atom is 0.363 e. The smallest absolute Gasteiger partial charge is 0.351 e. The van der Waals surface area contributed by atoms with Crippen molar-refractivity contribution in [1.82, 2.24) is 19.3 Å². The van der Waals surface area contributed by atoms with Gasteiger partial charge >= 0.3 is 16.3 Å². The Labute approximate surface area is 146 Å². The van der Waals surface area contributed by atoms with Crippen LogP contribution in [0.3, 0.4) is 0 Å². The molecule has 0 saturated carbocycles. The summed E-state index contributed by atoms with van der Waals surface area (Å²) in [4.78, 5) is 38.4. The molecule has 3 aliphatic heterocycles. The van der Waals surface area contributed by atoms with Gasteiger partial charge in [-0.15, -0.1) is 0 Å². The van der Waals surface area contributed by atoms with Crippen LogP contribution in [0.25, 0.3) is 0 Å². The lowest BCUT2D eigenvalue weighted by Gasteiger charge is -2.34. The maximum atomic E-state index is 12.6. The van der Waals surface area contributed by atoms with Crippen LogP contribution in [0, 0.1) is 0 Å². The maximum absolute atomic E-state index is 12.6. The molecule has 0 aromatic carbocycles. The van der Waals surface area contributed by atoms with Crippen molar-refractivity contribution in [3.05, 3.63) is 0 Å². The summed E-state index contributed by atoms with van der Waals surface area (Å²) < 4.78 is 32.4. The molecule has 0 unspecified atom stereocenters. The number of carbonyl (C=O) groups is 3. The Kier molecular flexibility index (Phi) is 5.03. The molecule has 2 N–H and O–H groups in total. The van der Waals surface area contributed by atoms with Crippen molar-refractivity contribution in [2.75, 3.05) is 19.6 Å². The summed E-state index contributed by atoms with van der Waals surface area (Å²) >= 11 is 0. The van der Waals surface area contributed by atoms with E-state index in [4.69, 9.17) is 0 Å². The first kappa shape index (κ1) is 18.1. The molecule has 0 aromatic rings. The van der Waals surface area contributed by atoms with Gasteiger partial charge < -0.3 is 19.8 Å². The minimum absolute atomic E-state index is 0.0445. The summed E-state index contributed by atoms with van der Waals surface area (Å²) in [5.74, 6) is -0.304. The van der Waals surface area contributed by atoms with Crippen LogP contribution in [-0.2, 0) is 19.9 Å². The molecule has 1 radical (unpaired) electrons. The zero-order valence-corrected chi connectivity index (χ0v) is 14.4. The Bertz CT molecular complexity index is 665. The SMILES string of the molecule is O=C[B]N1CCC(NC(=O)[C@@H]2CC[C@@H]3CN2C(=O)N3S(=O)(=O)O)CC1. The molecule has 25 heavy (non-hydrogen) atoms. The third-order valence-electron chi connectivity index (χ3n) is 5.02. The lowest BCUT2D eigenvalue weighted by atomic mass is 9.89. The van der Waals surface area contributed by atoms with Gasteiger partial charge in [-0.2, -0.15) is 12.7 Å². The molecule has 3 saturated heterocycles. The average Bonchev–Trinajstić information content (AvgIpc) is 2.80. The number of piperidine rings is 2. The van der Waals surface area contributed by atoms with E-state index in [1.807, 2.05) is 4.81 Å². The summed E-state index contributed by atoms with van der Waals surface area (Å²) in [7, 11) is -3.14. The highest BCUT2D eigenvalue weighted by atomic mass is 32.2. The Balaban J connectivity index is 1.59. The van der Waals surface area contributed by atoms with Crippen LogP contribution in [-0.4, -0.2) is 90.3 Å². The topological polar surface area (TPSA) is 127 Å². The van der Waals surface area contributed by atoms with E-state index in [2.05, 4.69) is 5.32 Å². The number of fused-ring (bicyclic) bond motifs is 2. The van der Waals surface area contributed by atoms with Crippen molar-refractivity contribution in [3.8, 4) is 0 Å². The van der Waals surface area contributed by atoms with Crippen molar-refractivity contribution >= 4 is 35.8 Å². The summed E-state index contributed by atoms with van der Waals surface area (Å²) in [6.45, 7) is 1.44. The number of nitrogens with one attached hydrogen (secondary N) is 1. The third kappa shape index (κ3) is 3.65. The molecule has 12 heteroatoms. The Morgan fingerprint density at radius 1 is 1.24 bits per heavy atom. The van der Waals surface area contributed by atoms with Crippen LogP contribution in [0.5, 0.6) is 0 Å². The van der Waals surface area contributed by atoms with E-state index in [1.54, 1.807) is 0 Å². The molecule has 0 aromatic heterocycles. The molecule has 0 aliphatic carbocycles. The number of carbonyl (C=O) groups excluding carboxylic acids is 3. The fourth-order valence-electron chi connectivity index (χ4n) is 3.77. The summed E-state index contributed by atoms with van der Waals surface area (Å²) in [6.07, 6.45) is 2.81. The van der Waals surface area contributed by atoms with Crippen molar-refractivity contribution in [2.45, 2.75) is 43.8 Å². The van der Waals surface area contributed by atoms with Crippen molar-refractivity contribution in [2.24, 2.45) is 0 Å². The quantitative estimate of drug-likeness (QED) is 0.340. The predicted molar refractivity (Wildman–Crippen MR) is 87.5 cm³/mol. The molecule has 3 fully saturated rings. The minimum atomic E-state index is -4.62. The Hall–Kier alpha value is -1.66. The van der Waals surface area contributed by atoms with Crippen LogP contribution in [0.4, 0.5) is 4.79 Å². The van der Waals surface area contributed by atoms with Gasteiger partial charge in [0.05, 0.1) is 12.2 Å². The largest absolute Gasteiger partial charge is 0.363 e. The van der Waals surface area contributed by atoms with E-state index >= 15 is 0 Å². The van der Waals surface area contributed by atoms with Crippen LogP contribution in [0.2, 0.25) is 0 Å². The monoisotopic (exact) mass is 371 g/mol. The molecule has 3 amide bonds. The fraction of sp³-hybridized carbons (Fsp3) is 0.769. The number of hydrogen-bond acceptors (Lipinski definition) is 6. The number of urea groups is 1. The summed E-state index contributed by atoms with van der Waals surface area (Å²) in [5, 5.41) is 2.92. The second kappa shape index (κ2) is 6.92. The molecule has 3 aliphatic rings. The van der Waals surface area contributed by atoms with Crippen molar-refractivity contribution in [1.29, 1.82) is 0 Å². The number of rotatable bonds is 5. The first-order chi connectivity index (χ1) is 11.8. The molecule has 0 spiro atoms. The zero-order chi connectivity index (χ0) is 18.2. The van der Waals surface area contributed by atoms with Gasteiger partial charge in [-0.25, -0.2) is 4.79 Å². The van der Waals surface area contributed by atoms with Gasteiger partial charge in [-0.3, -0.25) is 9.35 Å². The third-order valence-corrected chi connectivity index (χ3v) is 5.97. The standard InChI is InChI=1S/C13H20BN4O6S/c19-8-14-16-5-3-9(4-6-16)15-12(20)11-2-1-10-7-17(11)13(21)18(10)25(22,23)24/h8-11H,1-7H2,(H,15,20)(H,22,23,24)/t10-,11+/m1/s1. The molecular weight excluding hydrogens is 351 g/mol. The van der Waals surface area contributed by atoms with Crippen LogP contribution in [0.15, 0.2) is 0 Å². The molecule has 10 nitrogen and oxygen atoms in total.